The topological polar surface area (TPSA) is 18.5 Å². The summed E-state index contributed by atoms with van der Waals surface area (Å²) in [7, 11) is 0. The van der Waals surface area contributed by atoms with Gasteiger partial charge in [-0.25, -0.2) is 0 Å². The van der Waals surface area contributed by atoms with Gasteiger partial charge in [0.1, 0.15) is 23.7 Å². The Kier molecular flexibility index (Phi) is 7.64. The third-order valence-electron chi connectivity index (χ3n) is 8.35. The van der Waals surface area contributed by atoms with Crippen LogP contribution in [-0.2, 0) is 21.3 Å². The first-order valence-corrected chi connectivity index (χ1v) is 16.4. The van der Waals surface area contributed by atoms with Gasteiger partial charge in [-0.3, -0.25) is 0 Å². The molecule has 2 saturated carbocycles. The Hall–Kier alpha value is -0.790. The highest BCUT2D eigenvalue weighted by Gasteiger charge is 2.54. The lowest BCUT2D eigenvalue weighted by Gasteiger charge is -2.52. The molecule has 5 unspecified atom stereocenters. The van der Waals surface area contributed by atoms with Gasteiger partial charge in [-0.2, -0.15) is 0 Å². The van der Waals surface area contributed by atoms with E-state index in [2.05, 4.69) is 30.4 Å². The second-order valence-corrected chi connectivity index (χ2v) is 15.5. The summed E-state index contributed by atoms with van der Waals surface area (Å²) in [5.41, 5.74) is 1.09. The number of ether oxygens (including phenoxy) is 2. The maximum absolute atomic E-state index is 7.06. The van der Waals surface area contributed by atoms with Crippen LogP contribution in [0.3, 0.4) is 0 Å². The van der Waals surface area contributed by atoms with Gasteiger partial charge in [-0.05, 0) is 63.5 Å². The minimum absolute atomic E-state index is 0.307. The van der Waals surface area contributed by atoms with E-state index in [-0.39, 0.29) is 0 Å². The maximum atomic E-state index is 7.06. The highest BCUT2D eigenvalue weighted by atomic mass is 32.4. The van der Waals surface area contributed by atoms with Crippen LogP contribution in [0.1, 0.15) is 103 Å². The summed E-state index contributed by atoms with van der Waals surface area (Å²) < 4.78 is 13.8. The molecule has 0 amide bonds. The Morgan fingerprint density at radius 2 is 1.28 bits per heavy atom. The van der Waals surface area contributed by atoms with Crippen LogP contribution in [-0.4, -0.2) is 23.5 Å². The Morgan fingerprint density at radius 3 is 1.97 bits per heavy atom. The van der Waals surface area contributed by atoms with Crippen molar-refractivity contribution in [3.05, 3.63) is 47.2 Å². The van der Waals surface area contributed by atoms with Gasteiger partial charge in [-0.15, -0.1) is 0 Å². The van der Waals surface area contributed by atoms with Crippen molar-refractivity contribution < 1.29 is 9.47 Å². The smallest absolute Gasteiger partial charge is 0.131 e. The summed E-state index contributed by atoms with van der Waals surface area (Å²) >= 11 is 7.06. The summed E-state index contributed by atoms with van der Waals surface area (Å²) in [5, 5.41) is 1.35. The molecule has 0 aromatic rings. The molecule has 3 fully saturated rings. The minimum Gasteiger partial charge on any atom is -0.489 e. The van der Waals surface area contributed by atoms with E-state index in [1.54, 1.807) is 0 Å². The maximum Gasteiger partial charge on any atom is 0.131 e. The monoisotopic (exact) mass is 472 g/mol. The molecule has 0 aromatic heterocycles. The van der Waals surface area contributed by atoms with Crippen molar-refractivity contribution in [1.82, 2.24) is 0 Å². The first-order valence-electron chi connectivity index (χ1n) is 13.5. The van der Waals surface area contributed by atoms with Gasteiger partial charge < -0.3 is 9.47 Å². The number of hydrogen-bond acceptors (Lipinski definition) is 3. The molecular weight excluding hydrogens is 431 g/mol. The van der Waals surface area contributed by atoms with Crippen molar-refractivity contribution in [2.75, 3.05) is 0 Å². The molecule has 4 heteroatoms. The molecule has 0 aromatic carbocycles. The van der Waals surface area contributed by atoms with Gasteiger partial charge in [-0.1, -0.05) is 81.4 Å². The van der Waals surface area contributed by atoms with Crippen LogP contribution in [0, 0.1) is 0 Å². The Balaban J connectivity index is 1.66. The molecule has 5 atom stereocenters. The third-order valence-corrected chi connectivity index (χ3v) is 14.8. The van der Waals surface area contributed by atoms with Crippen LogP contribution in [0.2, 0.25) is 0 Å². The average Bonchev–Trinajstić information content (AvgIpc) is 2.99. The van der Waals surface area contributed by atoms with Crippen LogP contribution < -0.4 is 0 Å². The average molecular weight is 473 g/mol. The van der Waals surface area contributed by atoms with E-state index in [0.717, 1.165) is 24.4 Å². The van der Waals surface area contributed by atoms with E-state index in [0.29, 0.717) is 23.5 Å². The number of allylic oxidation sites excluding steroid dienone is 6. The van der Waals surface area contributed by atoms with Gasteiger partial charge in [0.2, 0.25) is 0 Å². The van der Waals surface area contributed by atoms with Gasteiger partial charge in [0.05, 0.1) is 5.31 Å². The first-order chi connectivity index (χ1) is 15.8. The van der Waals surface area contributed by atoms with E-state index in [1.807, 2.05) is 0 Å². The van der Waals surface area contributed by atoms with Crippen molar-refractivity contribution in [1.29, 1.82) is 0 Å². The van der Waals surface area contributed by atoms with Gasteiger partial charge >= 0.3 is 0 Å². The second-order valence-electron chi connectivity index (χ2n) is 10.5. The lowest BCUT2D eigenvalue weighted by molar-refractivity contribution is 0.0755. The summed E-state index contributed by atoms with van der Waals surface area (Å²) in [4.78, 5) is 0. The standard InChI is InChI=1S/C28H41O2PS/c32-31-26-20-14-8-2-4-10-16-22(26)29-24-18-12-6-1-7-13-19-25(28(24)31)30-23-17-11-5-3-9-15-21-27(23)31/h1,6,12,18-19,22-23,26-27H,2-5,7-11,13-17,20-21H2/b6-1-,18-12-,25-19+. The molecule has 176 valence electrons. The molecule has 5 rings (SSSR count). The van der Waals surface area contributed by atoms with Crippen molar-refractivity contribution in [3.63, 3.8) is 0 Å². The fourth-order valence-electron chi connectivity index (χ4n) is 6.74. The summed E-state index contributed by atoms with van der Waals surface area (Å²) in [6, 6.07) is -1.85. The summed E-state index contributed by atoms with van der Waals surface area (Å²) in [5.74, 6) is 2.17. The van der Waals surface area contributed by atoms with E-state index >= 15 is 0 Å². The quantitative estimate of drug-likeness (QED) is 0.329. The predicted molar refractivity (Wildman–Crippen MR) is 139 cm³/mol. The van der Waals surface area contributed by atoms with Crippen LogP contribution in [0.15, 0.2) is 47.2 Å². The zero-order valence-electron chi connectivity index (χ0n) is 19.7. The van der Waals surface area contributed by atoms with E-state index in [4.69, 9.17) is 21.3 Å². The van der Waals surface area contributed by atoms with Crippen molar-refractivity contribution in [2.24, 2.45) is 0 Å². The van der Waals surface area contributed by atoms with Gasteiger partial charge in [0.15, 0.2) is 0 Å². The summed E-state index contributed by atoms with van der Waals surface area (Å²) in [6.07, 6.45) is 32.2. The Labute approximate surface area is 200 Å². The van der Waals surface area contributed by atoms with Crippen molar-refractivity contribution >= 4 is 17.8 Å². The normalized spacial score (nSPS) is 42.1. The second kappa shape index (κ2) is 10.6. The molecule has 0 N–H and O–H groups in total. The lowest BCUT2D eigenvalue weighted by Crippen LogP contribution is -2.44. The van der Waals surface area contributed by atoms with Crippen LogP contribution in [0.5, 0.6) is 0 Å². The number of fused-ring (bicyclic) bond motifs is 4. The van der Waals surface area contributed by atoms with Crippen LogP contribution in [0.4, 0.5) is 0 Å². The fraction of sp³-hybridized carbons (Fsp3) is 0.714. The number of hydrogen-bond donors (Lipinski definition) is 0. The molecule has 2 nitrogen and oxygen atoms in total. The molecule has 5 aliphatic rings. The molecule has 0 spiro atoms. The molecule has 32 heavy (non-hydrogen) atoms. The van der Waals surface area contributed by atoms with Gasteiger partial charge in [0.25, 0.3) is 0 Å². The molecule has 0 radical (unpaired) electrons. The number of rotatable bonds is 0. The van der Waals surface area contributed by atoms with Crippen LogP contribution >= 0.6 is 6.04 Å². The molecule has 2 aliphatic heterocycles. The first kappa shape index (κ1) is 23.0. The van der Waals surface area contributed by atoms with E-state index < -0.39 is 6.04 Å². The van der Waals surface area contributed by atoms with Gasteiger partial charge in [0, 0.05) is 17.4 Å². The summed E-state index contributed by atoms with van der Waals surface area (Å²) in [6.45, 7) is 0. The van der Waals surface area contributed by atoms with E-state index in [9.17, 15) is 0 Å². The Bertz CT molecular complexity index is 838. The fourth-order valence-corrected chi connectivity index (χ4v) is 13.4. The molecule has 2 heterocycles. The van der Waals surface area contributed by atoms with Crippen molar-refractivity contribution in [2.45, 2.75) is 126 Å². The van der Waals surface area contributed by atoms with E-state index in [1.165, 1.54) is 95.2 Å². The minimum atomic E-state index is -1.85. The van der Waals surface area contributed by atoms with Crippen LogP contribution in [0.25, 0.3) is 0 Å². The molecule has 3 aliphatic carbocycles. The third kappa shape index (κ3) is 4.58. The SMILES string of the molecule is S=P12C3=C(/C=C\C=C/CC/C=C3/OC3CCCCCCCC31)OC1CCCCCCCC12. The lowest BCUT2D eigenvalue weighted by atomic mass is 10.0. The van der Waals surface area contributed by atoms with Crippen molar-refractivity contribution in [3.8, 4) is 0 Å². The largest absolute Gasteiger partial charge is 0.489 e. The molecule has 0 bridgehead atoms. The molecule has 1 saturated heterocycles. The predicted octanol–water partition coefficient (Wildman–Crippen LogP) is 8.49. The zero-order valence-corrected chi connectivity index (χ0v) is 21.4. The highest BCUT2D eigenvalue weighted by Crippen LogP contribution is 2.74. The zero-order chi connectivity index (χ0) is 21.8. The molecular formula is C28H41O2PS. The highest BCUT2D eigenvalue weighted by molar-refractivity contribution is 8.17. The Morgan fingerprint density at radius 1 is 0.688 bits per heavy atom.